The molecule has 0 unspecified atom stereocenters. The fourth-order valence-electron chi connectivity index (χ4n) is 1.18. The Balaban J connectivity index is 2.35. The molecule has 5 heteroatoms. The van der Waals surface area contributed by atoms with Gasteiger partial charge in [0.05, 0.1) is 0 Å². The molecule has 0 fully saturated rings. The number of nitrogen functional groups attached to an aromatic ring is 1. The summed E-state index contributed by atoms with van der Waals surface area (Å²) in [6.07, 6.45) is 1.49. The predicted molar refractivity (Wildman–Crippen MR) is 69.4 cm³/mol. The van der Waals surface area contributed by atoms with Gasteiger partial charge in [-0.1, -0.05) is 23.9 Å². The fourth-order valence-corrected chi connectivity index (χ4v) is 2.59. The summed E-state index contributed by atoms with van der Waals surface area (Å²) >= 11 is 5.08. The number of halogens is 1. The standard InChI is InChI=1S/C11H10BrN3S/c1-7-10(13)14-6-15-11(7)16-9-5-3-2-4-8(9)12/h2-6H,1H3,(H2,13,14,15). The molecule has 82 valence electrons. The smallest absolute Gasteiger partial charge is 0.130 e. The molecule has 1 aromatic heterocycles. The summed E-state index contributed by atoms with van der Waals surface area (Å²) in [6.45, 7) is 1.93. The van der Waals surface area contributed by atoms with Crippen molar-refractivity contribution in [1.82, 2.24) is 9.97 Å². The number of anilines is 1. The molecular weight excluding hydrogens is 286 g/mol. The number of hydrogen-bond donors (Lipinski definition) is 1. The number of aromatic nitrogens is 2. The van der Waals surface area contributed by atoms with Gasteiger partial charge >= 0.3 is 0 Å². The van der Waals surface area contributed by atoms with Gasteiger partial charge in [0.25, 0.3) is 0 Å². The predicted octanol–water partition coefficient (Wildman–Crippen LogP) is 3.28. The summed E-state index contributed by atoms with van der Waals surface area (Å²) in [7, 11) is 0. The van der Waals surface area contributed by atoms with Crippen LogP contribution in [-0.4, -0.2) is 9.97 Å². The summed E-state index contributed by atoms with van der Waals surface area (Å²) in [6, 6.07) is 8.01. The van der Waals surface area contributed by atoms with Crippen LogP contribution in [0.4, 0.5) is 5.82 Å². The first-order chi connectivity index (χ1) is 7.68. The Morgan fingerprint density at radius 2 is 2.00 bits per heavy atom. The van der Waals surface area contributed by atoms with Crippen LogP contribution in [0.2, 0.25) is 0 Å². The molecule has 2 aromatic rings. The molecule has 0 saturated carbocycles. The van der Waals surface area contributed by atoms with Crippen LogP contribution >= 0.6 is 27.7 Å². The van der Waals surface area contributed by atoms with Crippen molar-refractivity contribution >= 4 is 33.5 Å². The summed E-state index contributed by atoms with van der Waals surface area (Å²) in [5, 5.41) is 0.888. The van der Waals surface area contributed by atoms with Gasteiger partial charge in [-0.3, -0.25) is 0 Å². The minimum absolute atomic E-state index is 0.532. The molecule has 1 heterocycles. The molecule has 0 amide bonds. The van der Waals surface area contributed by atoms with Crippen LogP contribution in [0, 0.1) is 6.92 Å². The SMILES string of the molecule is Cc1c(N)ncnc1Sc1ccccc1Br. The van der Waals surface area contributed by atoms with Gasteiger partial charge in [0.1, 0.15) is 17.2 Å². The van der Waals surface area contributed by atoms with Gasteiger partial charge < -0.3 is 5.73 Å². The number of rotatable bonds is 2. The highest BCUT2D eigenvalue weighted by molar-refractivity contribution is 9.10. The minimum atomic E-state index is 0.532. The van der Waals surface area contributed by atoms with E-state index < -0.39 is 0 Å². The highest BCUT2D eigenvalue weighted by atomic mass is 79.9. The van der Waals surface area contributed by atoms with E-state index in [4.69, 9.17) is 5.73 Å². The fraction of sp³-hybridized carbons (Fsp3) is 0.0909. The molecule has 0 atom stereocenters. The molecule has 1 aromatic carbocycles. The molecule has 0 aliphatic heterocycles. The van der Waals surface area contributed by atoms with Crippen LogP contribution in [0.5, 0.6) is 0 Å². The first kappa shape index (κ1) is 11.4. The Bertz CT molecular complexity index is 516. The van der Waals surface area contributed by atoms with Crippen LogP contribution in [0.3, 0.4) is 0 Å². The zero-order valence-corrected chi connectivity index (χ0v) is 11.0. The molecule has 2 rings (SSSR count). The van der Waals surface area contributed by atoms with E-state index in [0.29, 0.717) is 5.82 Å². The maximum atomic E-state index is 5.74. The average molecular weight is 296 g/mol. The Kier molecular flexibility index (Phi) is 3.46. The summed E-state index contributed by atoms with van der Waals surface area (Å²) < 4.78 is 1.05. The van der Waals surface area contributed by atoms with Crippen LogP contribution in [0.25, 0.3) is 0 Å². The molecular formula is C11H10BrN3S. The number of benzene rings is 1. The summed E-state index contributed by atoms with van der Waals surface area (Å²) in [4.78, 5) is 9.29. The number of hydrogen-bond acceptors (Lipinski definition) is 4. The van der Waals surface area contributed by atoms with Crippen LogP contribution in [0.15, 0.2) is 45.0 Å². The molecule has 2 N–H and O–H groups in total. The van der Waals surface area contributed by atoms with E-state index in [2.05, 4.69) is 25.9 Å². The lowest BCUT2D eigenvalue weighted by molar-refractivity contribution is 1.01. The Labute approximate surface area is 107 Å². The number of nitrogens with two attached hydrogens (primary N) is 1. The van der Waals surface area contributed by atoms with Crippen molar-refractivity contribution in [2.45, 2.75) is 16.8 Å². The third-order valence-electron chi connectivity index (χ3n) is 2.12. The van der Waals surface area contributed by atoms with E-state index >= 15 is 0 Å². The highest BCUT2D eigenvalue weighted by Crippen LogP contribution is 2.34. The van der Waals surface area contributed by atoms with Gasteiger partial charge in [-0.05, 0) is 35.0 Å². The van der Waals surface area contributed by atoms with E-state index in [1.54, 1.807) is 11.8 Å². The Morgan fingerprint density at radius 1 is 1.25 bits per heavy atom. The maximum absolute atomic E-state index is 5.74. The Morgan fingerprint density at radius 3 is 2.75 bits per heavy atom. The lowest BCUT2D eigenvalue weighted by Crippen LogP contribution is -1.97. The topological polar surface area (TPSA) is 51.8 Å². The van der Waals surface area contributed by atoms with Crippen molar-refractivity contribution < 1.29 is 0 Å². The normalized spacial score (nSPS) is 10.4. The second-order valence-electron chi connectivity index (χ2n) is 3.22. The van der Waals surface area contributed by atoms with E-state index in [-0.39, 0.29) is 0 Å². The van der Waals surface area contributed by atoms with E-state index in [0.717, 1.165) is 20.0 Å². The van der Waals surface area contributed by atoms with Crippen molar-refractivity contribution in [2.24, 2.45) is 0 Å². The van der Waals surface area contributed by atoms with E-state index in [9.17, 15) is 0 Å². The zero-order chi connectivity index (χ0) is 11.5. The molecule has 0 bridgehead atoms. The summed E-state index contributed by atoms with van der Waals surface area (Å²) in [5.41, 5.74) is 6.66. The molecule has 3 nitrogen and oxygen atoms in total. The van der Waals surface area contributed by atoms with Gasteiger partial charge in [0.2, 0.25) is 0 Å². The average Bonchev–Trinajstić information content (AvgIpc) is 2.28. The molecule has 0 radical (unpaired) electrons. The lowest BCUT2D eigenvalue weighted by atomic mass is 10.3. The third-order valence-corrected chi connectivity index (χ3v) is 4.25. The molecule has 0 spiro atoms. The number of nitrogens with zero attached hydrogens (tertiary/aromatic N) is 2. The first-order valence-electron chi connectivity index (χ1n) is 4.68. The van der Waals surface area contributed by atoms with Crippen molar-refractivity contribution in [1.29, 1.82) is 0 Å². The van der Waals surface area contributed by atoms with Crippen molar-refractivity contribution in [3.05, 3.63) is 40.6 Å². The van der Waals surface area contributed by atoms with Crippen LogP contribution < -0.4 is 5.73 Å². The minimum Gasteiger partial charge on any atom is -0.383 e. The first-order valence-corrected chi connectivity index (χ1v) is 6.29. The molecule has 0 aliphatic carbocycles. The zero-order valence-electron chi connectivity index (χ0n) is 8.64. The third kappa shape index (κ3) is 2.36. The van der Waals surface area contributed by atoms with E-state index in [1.165, 1.54) is 6.33 Å². The van der Waals surface area contributed by atoms with Gasteiger partial charge in [-0.25, -0.2) is 9.97 Å². The van der Waals surface area contributed by atoms with Crippen molar-refractivity contribution in [3.8, 4) is 0 Å². The lowest BCUT2D eigenvalue weighted by Gasteiger charge is -2.06. The quantitative estimate of drug-likeness (QED) is 0.864. The maximum Gasteiger partial charge on any atom is 0.130 e. The molecule has 16 heavy (non-hydrogen) atoms. The Hall–Kier alpha value is -1.07. The van der Waals surface area contributed by atoms with Gasteiger partial charge in [0, 0.05) is 14.9 Å². The van der Waals surface area contributed by atoms with E-state index in [1.807, 2.05) is 31.2 Å². The van der Waals surface area contributed by atoms with Gasteiger partial charge in [-0.15, -0.1) is 0 Å². The van der Waals surface area contributed by atoms with Gasteiger partial charge in [0.15, 0.2) is 0 Å². The second kappa shape index (κ2) is 4.84. The van der Waals surface area contributed by atoms with Gasteiger partial charge in [-0.2, -0.15) is 0 Å². The largest absolute Gasteiger partial charge is 0.383 e. The van der Waals surface area contributed by atoms with Crippen LogP contribution in [0.1, 0.15) is 5.56 Å². The van der Waals surface area contributed by atoms with Crippen LogP contribution in [-0.2, 0) is 0 Å². The monoisotopic (exact) mass is 295 g/mol. The second-order valence-corrected chi connectivity index (χ2v) is 5.11. The molecule has 0 aliphatic rings. The van der Waals surface area contributed by atoms with Crippen molar-refractivity contribution in [3.63, 3.8) is 0 Å². The highest BCUT2D eigenvalue weighted by Gasteiger charge is 2.07. The summed E-state index contributed by atoms with van der Waals surface area (Å²) in [5.74, 6) is 0.532. The van der Waals surface area contributed by atoms with Crippen molar-refractivity contribution in [2.75, 3.05) is 5.73 Å². The molecule has 0 saturated heterocycles.